The molecule has 0 aromatic rings. The quantitative estimate of drug-likeness (QED) is 0.796. The van der Waals surface area contributed by atoms with Crippen molar-refractivity contribution in [3.8, 4) is 0 Å². The summed E-state index contributed by atoms with van der Waals surface area (Å²) in [7, 11) is 0. The SMILES string of the molecule is CCC(C)C1CCC(=O)NC(=O)C(C(C)C)C(C(C)C)C1. The van der Waals surface area contributed by atoms with Crippen LogP contribution >= 0.6 is 0 Å². The zero-order valence-electron chi connectivity index (χ0n) is 14.6. The Morgan fingerprint density at radius 2 is 1.71 bits per heavy atom. The van der Waals surface area contributed by atoms with Crippen LogP contribution in [0.4, 0.5) is 0 Å². The summed E-state index contributed by atoms with van der Waals surface area (Å²) < 4.78 is 0. The molecule has 0 aromatic carbocycles. The fourth-order valence-electron chi connectivity index (χ4n) is 3.74. The highest BCUT2D eigenvalue weighted by atomic mass is 16.2. The number of nitrogens with one attached hydrogen (secondary N) is 1. The molecule has 122 valence electrons. The fraction of sp³-hybridized carbons (Fsp3) is 0.889. The van der Waals surface area contributed by atoms with Gasteiger partial charge in [-0.3, -0.25) is 14.9 Å². The first kappa shape index (κ1) is 18.2. The Kier molecular flexibility index (Phi) is 6.89. The van der Waals surface area contributed by atoms with Gasteiger partial charge in [0.1, 0.15) is 0 Å². The predicted molar refractivity (Wildman–Crippen MR) is 86.6 cm³/mol. The van der Waals surface area contributed by atoms with E-state index in [9.17, 15) is 9.59 Å². The van der Waals surface area contributed by atoms with Gasteiger partial charge in [-0.15, -0.1) is 0 Å². The van der Waals surface area contributed by atoms with E-state index in [1.165, 1.54) is 0 Å². The summed E-state index contributed by atoms with van der Waals surface area (Å²) in [4.78, 5) is 24.5. The van der Waals surface area contributed by atoms with E-state index in [-0.39, 0.29) is 23.7 Å². The monoisotopic (exact) mass is 295 g/mol. The minimum absolute atomic E-state index is 0.0568. The molecule has 0 aromatic heterocycles. The van der Waals surface area contributed by atoms with Crippen LogP contribution in [-0.2, 0) is 9.59 Å². The van der Waals surface area contributed by atoms with Crippen molar-refractivity contribution >= 4 is 11.8 Å². The molecule has 2 amide bonds. The van der Waals surface area contributed by atoms with E-state index in [0.717, 1.165) is 19.3 Å². The number of rotatable bonds is 4. The van der Waals surface area contributed by atoms with Gasteiger partial charge in [0.25, 0.3) is 0 Å². The van der Waals surface area contributed by atoms with Gasteiger partial charge in [0, 0.05) is 12.3 Å². The maximum Gasteiger partial charge on any atom is 0.230 e. The highest BCUT2D eigenvalue weighted by Gasteiger charge is 2.37. The van der Waals surface area contributed by atoms with E-state index in [0.29, 0.717) is 30.1 Å². The summed E-state index contributed by atoms with van der Waals surface area (Å²) in [5.74, 6) is 2.03. The maximum atomic E-state index is 12.5. The zero-order valence-corrected chi connectivity index (χ0v) is 14.6. The molecule has 1 N–H and O–H groups in total. The fourth-order valence-corrected chi connectivity index (χ4v) is 3.74. The molecule has 1 rings (SSSR count). The van der Waals surface area contributed by atoms with Crippen molar-refractivity contribution in [3.63, 3.8) is 0 Å². The van der Waals surface area contributed by atoms with Crippen molar-refractivity contribution in [3.05, 3.63) is 0 Å². The lowest BCUT2D eigenvalue weighted by atomic mass is 9.70. The first-order valence-corrected chi connectivity index (χ1v) is 8.61. The predicted octanol–water partition coefficient (Wildman–Crippen LogP) is 4.02. The molecule has 0 spiro atoms. The second kappa shape index (κ2) is 7.95. The molecule has 4 unspecified atom stereocenters. The summed E-state index contributed by atoms with van der Waals surface area (Å²) in [6, 6.07) is 0. The van der Waals surface area contributed by atoms with Crippen LogP contribution in [0.1, 0.15) is 67.2 Å². The molecule has 0 saturated carbocycles. The molecule has 1 fully saturated rings. The third-order valence-corrected chi connectivity index (χ3v) is 5.37. The Balaban J connectivity index is 3.10. The van der Waals surface area contributed by atoms with Crippen LogP contribution in [0, 0.1) is 35.5 Å². The lowest BCUT2D eigenvalue weighted by Crippen LogP contribution is -2.41. The summed E-state index contributed by atoms with van der Waals surface area (Å²) >= 11 is 0. The molecular formula is C18H33NO2. The average molecular weight is 295 g/mol. The van der Waals surface area contributed by atoms with Crippen LogP contribution in [0.15, 0.2) is 0 Å². The number of imide groups is 1. The van der Waals surface area contributed by atoms with Crippen molar-refractivity contribution in [1.29, 1.82) is 0 Å². The van der Waals surface area contributed by atoms with Crippen LogP contribution < -0.4 is 5.32 Å². The van der Waals surface area contributed by atoms with Gasteiger partial charge in [-0.1, -0.05) is 48.0 Å². The van der Waals surface area contributed by atoms with Gasteiger partial charge < -0.3 is 0 Å². The number of amides is 2. The van der Waals surface area contributed by atoms with Crippen LogP contribution in [0.2, 0.25) is 0 Å². The standard InChI is InChI=1S/C18H33NO2/c1-7-13(6)14-8-9-16(20)19-18(21)17(12(4)5)15(10-14)11(2)3/h11-15,17H,7-10H2,1-6H3,(H,19,20,21). The number of carbonyl (C=O) groups is 2. The minimum Gasteiger partial charge on any atom is -0.296 e. The van der Waals surface area contributed by atoms with Crippen molar-refractivity contribution < 1.29 is 9.59 Å². The molecule has 0 bridgehead atoms. The Morgan fingerprint density at radius 3 is 2.19 bits per heavy atom. The largest absolute Gasteiger partial charge is 0.296 e. The van der Waals surface area contributed by atoms with Crippen LogP contribution in [0.25, 0.3) is 0 Å². The second-order valence-electron chi connectivity index (χ2n) is 7.51. The Bertz CT molecular complexity index is 362. The van der Waals surface area contributed by atoms with E-state index in [4.69, 9.17) is 0 Å². The number of hydrogen-bond acceptors (Lipinski definition) is 2. The minimum atomic E-state index is -0.0941. The second-order valence-corrected chi connectivity index (χ2v) is 7.51. The molecule has 4 atom stereocenters. The van der Waals surface area contributed by atoms with Gasteiger partial charge in [-0.25, -0.2) is 0 Å². The molecule has 3 nitrogen and oxygen atoms in total. The van der Waals surface area contributed by atoms with Crippen molar-refractivity contribution in [2.45, 2.75) is 67.2 Å². The third kappa shape index (κ3) is 4.82. The van der Waals surface area contributed by atoms with Gasteiger partial charge in [-0.05, 0) is 42.4 Å². The van der Waals surface area contributed by atoms with E-state index < -0.39 is 0 Å². The molecule has 0 radical (unpaired) electrons. The number of carbonyl (C=O) groups excluding carboxylic acids is 2. The Morgan fingerprint density at radius 1 is 1.10 bits per heavy atom. The first-order chi connectivity index (χ1) is 9.77. The molecule has 3 heteroatoms. The summed E-state index contributed by atoms with van der Waals surface area (Å²) in [6.07, 6.45) is 3.59. The van der Waals surface area contributed by atoms with Crippen molar-refractivity contribution in [1.82, 2.24) is 5.32 Å². The van der Waals surface area contributed by atoms with Crippen LogP contribution in [-0.4, -0.2) is 11.8 Å². The highest BCUT2D eigenvalue weighted by Crippen LogP contribution is 2.38. The molecule has 1 saturated heterocycles. The lowest BCUT2D eigenvalue weighted by Gasteiger charge is -2.35. The third-order valence-electron chi connectivity index (χ3n) is 5.37. The van der Waals surface area contributed by atoms with Crippen LogP contribution in [0.3, 0.4) is 0 Å². The molecule has 1 aliphatic heterocycles. The summed E-state index contributed by atoms with van der Waals surface area (Å²) in [5, 5.41) is 2.64. The normalized spacial score (nSPS) is 29.8. The van der Waals surface area contributed by atoms with Gasteiger partial charge in [-0.2, -0.15) is 0 Å². The van der Waals surface area contributed by atoms with E-state index in [1.54, 1.807) is 0 Å². The highest BCUT2D eigenvalue weighted by molar-refractivity contribution is 5.96. The van der Waals surface area contributed by atoms with Crippen molar-refractivity contribution in [2.75, 3.05) is 0 Å². The van der Waals surface area contributed by atoms with E-state index >= 15 is 0 Å². The van der Waals surface area contributed by atoms with Crippen molar-refractivity contribution in [2.24, 2.45) is 35.5 Å². The summed E-state index contributed by atoms with van der Waals surface area (Å²) in [6.45, 7) is 13.1. The molecule has 0 aliphatic carbocycles. The van der Waals surface area contributed by atoms with E-state index in [1.807, 2.05) is 0 Å². The average Bonchev–Trinajstić information content (AvgIpc) is 2.45. The molecular weight excluding hydrogens is 262 g/mol. The van der Waals surface area contributed by atoms with Gasteiger partial charge in [0.05, 0.1) is 0 Å². The Labute approximate surface area is 130 Å². The first-order valence-electron chi connectivity index (χ1n) is 8.61. The molecule has 21 heavy (non-hydrogen) atoms. The molecule has 1 heterocycles. The van der Waals surface area contributed by atoms with Gasteiger partial charge in [0.2, 0.25) is 11.8 Å². The van der Waals surface area contributed by atoms with E-state index in [2.05, 4.69) is 46.9 Å². The smallest absolute Gasteiger partial charge is 0.230 e. The molecule has 1 aliphatic rings. The lowest BCUT2D eigenvalue weighted by molar-refractivity contribution is -0.135. The summed E-state index contributed by atoms with van der Waals surface area (Å²) in [5.41, 5.74) is 0. The van der Waals surface area contributed by atoms with Gasteiger partial charge >= 0.3 is 0 Å². The van der Waals surface area contributed by atoms with Gasteiger partial charge in [0.15, 0.2) is 0 Å². The van der Waals surface area contributed by atoms with Crippen LogP contribution in [0.5, 0.6) is 0 Å². The zero-order chi connectivity index (χ0) is 16.2. The Hall–Kier alpha value is -0.860. The maximum absolute atomic E-state index is 12.5. The number of hydrogen-bond donors (Lipinski definition) is 1. The topological polar surface area (TPSA) is 46.2 Å².